The summed E-state index contributed by atoms with van der Waals surface area (Å²) in [5.41, 5.74) is -0.439. The molecule has 0 radical (unpaired) electrons. The van der Waals surface area contributed by atoms with E-state index in [-0.39, 0.29) is 18.5 Å². The Kier molecular flexibility index (Phi) is 3.71. The third kappa shape index (κ3) is 3.21. The van der Waals surface area contributed by atoms with Crippen LogP contribution in [0.4, 0.5) is 4.79 Å². The molecule has 2 heterocycles. The van der Waals surface area contributed by atoms with E-state index in [4.69, 9.17) is 4.74 Å². The third-order valence-corrected chi connectivity index (χ3v) is 3.04. The van der Waals surface area contributed by atoms with Crippen LogP contribution in [0.15, 0.2) is 11.1 Å². The number of hydrogen-bond donors (Lipinski definition) is 2. The largest absolute Gasteiger partial charge is 0.480 e. The summed E-state index contributed by atoms with van der Waals surface area (Å²) in [6.07, 6.45) is 0.445. The summed E-state index contributed by atoms with van der Waals surface area (Å²) in [7, 11) is 0. The normalized spacial score (nSPS) is 18.0. The Bertz CT molecular complexity index is 631. The van der Waals surface area contributed by atoms with E-state index < -0.39 is 23.7 Å². The number of fused-ring (bicyclic) bond motifs is 1. The van der Waals surface area contributed by atoms with E-state index in [9.17, 15) is 19.5 Å². The summed E-state index contributed by atoms with van der Waals surface area (Å²) in [5, 5.41) is 9.29. The molecule has 2 rings (SSSR count). The van der Waals surface area contributed by atoms with Crippen molar-refractivity contribution in [3.8, 4) is 0 Å². The van der Waals surface area contributed by atoms with Gasteiger partial charge in [0.25, 0.3) is 5.56 Å². The lowest BCUT2D eigenvalue weighted by molar-refractivity contribution is -0.143. The summed E-state index contributed by atoms with van der Waals surface area (Å²) in [4.78, 5) is 42.7. The third-order valence-electron chi connectivity index (χ3n) is 3.04. The van der Waals surface area contributed by atoms with Gasteiger partial charge in [-0.3, -0.25) is 9.69 Å². The fraction of sp³-hybridized carbons (Fsp3) is 0.538. The Hall–Kier alpha value is -2.38. The minimum absolute atomic E-state index is 0.0200. The van der Waals surface area contributed by atoms with E-state index in [0.29, 0.717) is 11.3 Å². The van der Waals surface area contributed by atoms with Crippen LogP contribution in [0.25, 0.3) is 0 Å². The highest BCUT2D eigenvalue weighted by atomic mass is 16.6. The predicted molar refractivity (Wildman–Crippen MR) is 71.8 cm³/mol. The number of ether oxygens (including phenoxy) is 1. The van der Waals surface area contributed by atoms with Crippen molar-refractivity contribution in [1.29, 1.82) is 0 Å². The van der Waals surface area contributed by atoms with Crippen molar-refractivity contribution >= 4 is 12.1 Å². The van der Waals surface area contributed by atoms with Gasteiger partial charge in [0.15, 0.2) is 0 Å². The average Bonchev–Trinajstić information content (AvgIpc) is 2.35. The molecule has 0 aromatic carbocycles. The molecule has 0 saturated carbocycles. The van der Waals surface area contributed by atoms with Crippen LogP contribution in [0.1, 0.15) is 32.0 Å². The van der Waals surface area contributed by atoms with Crippen LogP contribution in [-0.2, 0) is 22.5 Å². The van der Waals surface area contributed by atoms with Crippen molar-refractivity contribution < 1.29 is 19.4 Å². The molecule has 1 aliphatic rings. The molecule has 1 aliphatic heterocycles. The van der Waals surface area contributed by atoms with Gasteiger partial charge in [-0.1, -0.05) is 0 Å². The first-order chi connectivity index (χ1) is 9.69. The molecule has 1 aromatic rings. The number of carboxylic acid groups (broad SMARTS) is 1. The SMILES string of the molecule is CC(C)(C)OC(=O)N1Cc2c(nc[nH]c2=O)CC1C(=O)O. The van der Waals surface area contributed by atoms with Crippen molar-refractivity contribution in [3.05, 3.63) is 27.9 Å². The van der Waals surface area contributed by atoms with Gasteiger partial charge in [-0.05, 0) is 20.8 Å². The number of carbonyl (C=O) groups excluding carboxylic acids is 1. The zero-order valence-corrected chi connectivity index (χ0v) is 12.0. The van der Waals surface area contributed by atoms with E-state index in [1.54, 1.807) is 20.8 Å². The summed E-state index contributed by atoms with van der Waals surface area (Å²) in [6, 6.07) is -1.10. The quantitative estimate of drug-likeness (QED) is 0.781. The van der Waals surface area contributed by atoms with Gasteiger partial charge in [-0.15, -0.1) is 0 Å². The smallest absolute Gasteiger partial charge is 0.411 e. The Morgan fingerprint density at radius 3 is 2.71 bits per heavy atom. The Morgan fingerprint density at radius 1 is 1.48 bits per heavy atom. The molecule has 1 unspecified atom stereocenters. The van der Waals surface area contributed by atoms with Crippen molar-refractivity contribution in [3.63, 3.8) is 0 Å². The molecule has 1 atom stereocenters. The highest BCUT2D eigenvalue weighted by Crippen LogP contribution is 2.22. The molecular formula is C13H17N3O5. The van der Waals surface area contributed by atoms with Crippen molar-refractivity contribution in [2.45, 2.75) is 45.4 Å². The second-order valence-electron chi connectivity index (χ2n) is 5.82. The summed E-state index contributed by atoms with van der Waals surface area (Å²) < 4.78 is 5.20. The van der Waals surface area contributed by atoms with Gasteiger partial charge in [0.05, 0.1) is 24.1 Å². The lowest BCUT2D eigenvalue weighted by atomic mass is 10.00. The maximum atomic E-state index is 12.2. The van der Waals surface area contributed by atoms with Crippen LogP contribution < -0.4 is 5.56 Å². The number of carbonyl (C=O) groups is 2. The van der Waals surface area contributed by atoms with E-state index >= 15 is 0 Å². The molecule has 21 heavy (non-hydrogen) atoms. The first kappa shape index (κ1) is 15.0. The van der Waals surface area contributed by atoms with Crippen molar-refractivity contribution in [1.82, 2.24) is 14.9 Å². The molecular weight excluding hydrogens is 278 g/mol. The maximum absolute atomic E-state index is 12.2. The van der Waals surface area contributed by atoms with Gasteiger partial charge in [-0.2, -0.15) is 0 Å². The highest BCUT2D eigenvalue weighted by Gasteiger charge is 2.38. The molecule has 8 heteroatoms. The zero-order chi connectivity index (χ0) is 15.8. The fourth-order valence-electron chi connectivity index (χ4n) is 2.11. The molecule has 1 aromatic heterocycles. The van der Waals surface area contributed by atoms with Gasteiger partial charge in [-0.25, -0.2) is 14.6 Å². The molecule has 0 spiro atoms. The van der Waals surface area contributed by atoms with Gasteiger partial charge in [0, 0.05) is 6.42 Å². The monoisotopic (exact) mass is 295 g/mol. The van der Waals surface area contributed by atoms with E-state index in [1.165, 1.54) is 6.33 Å². The second-order valence-corrected chi connectivity index (χ2v) is 5.82. The molecule has 2 N–H and O–H groups in total. The Morgan fingerprint density at radius 2 is 2.14 bits per heavy atom. The number of carboxylic acids is 1. The number of aromatic amines is 1. The number of aromatic nitrogens is 2. The predicted octanol–water partition coefficient (Wildman–Crippen LogP) is 0.516. The maximum Gasteiger partial charge on any atom is 0.411 e. The molecule has 0 aliphatic carbocycles. The number of nitrogens with one attached hydrogen (secondary N) is 1. The van der Waals surface area contributed by atoms with Crippen LogP contribution in [0.5, 0.6) is 0 Å². The van der Waals surface area contributed by atoms with E-state index in [0.717, 1.165) is 4.90 Å². The molecule has 0 bridgehead atoms. The lowest BCUT2D eigenvalue weighted by Gasteiger charge is -2.34. The van der Waals surface area contributed by atoms with E-state index in [2.05, 4.69) is 9.97 Å². The topological polar surface area (TPSA) is 113 Å². The van der Waals surface area contributed by atoms with Gasteiger partial charge >= 0.3 is 12.1 Å². The Balaban J connectivity index is 2.35. The number of H-pyrrole nitrogens is 1. The number of rotatable bonds is 1. The van der Waals surface area contributed by atoms with Gasteiger partial charge in [0.2, 0.25) is 0 Å². The van der Waals surface area contributed by atoms with Crippen LogP contribution in [0.2, 0.25) is 0 Å². The summed E-state index contributed by atoms with van der Waals surface area (Å²) >= 11 is 0. The number of amides is 1. The van der Waals surface area contributed by atoms with E-state index in [1.807, 2.05) is 0 Å². The fourth-order valence-corrected chi connectivity index (χ4v) is 2.11. The van der Waals surface area contributed by atoms with Crippen LogP contribution in [0.3, 0.4) is 0 Å². The average molecular weight is 295 g/mol. The van der Waals surface area contributed by atoms with Gasteiger partial charge < -0.3 is 14.8 Å². The van der Waals surface area contributed by atoms with Crippen LogP contribution in [0, 0.1) is 0 Å². The van der Waals surface area contributed by atoms with Crippen LogP contribution in [-0.4, -0.2) is 43.7 Å². The molecule has 8 nitrogen and oxygen atoms in total. The lowest BCUT2D eigenvalue weighted by Crippen LogP contribution is -2.51. The van der Waals surface area contributed by atoms with Crippen molar-refractivity contribution in [2.24, 2.45) is 0 Å². The van der Waals surface area contributed by atoms with Gasteiger partial charge in [0.1, 0.15) is 11.6 Å². The standard InChI is InChI=1S/C13H17N3O5/c1-13(2,3)21-12(20)16-5-7-8(4-9(16)11(18)19)14-6-15-10(7)17/h6,9H,4-5H2,1-3H3,(H,18,19)(H,14,15,17). The number of nitrogens with zero attached hydrogens (tertiary/aromatic N) is 2. The number of aliphatic carboxylic acids is 1. The Labute approximate surface area is 120 Å². The van der Waals surface area contributed by atoms with Crippen LogP contribution >= 0.6 is 0 Å². The molecule has 114 valence electrons. The molecule has 0 fully saturated rings. The first-order valence-corrected chi connectivity index (χ1v) is 6.47. The highest BCUT2D eigenvalue weighted by molar-refractivity contribution is 5.81. The summed E-state index contributed by atoms with van der Waals surface area (Å²) in [5.74, 6) is -1.16. The first-order valence-electron chi connectivity index (χ1n) is 6.47. The second kappa shape index (κ2) is 5.19. The molecule has 0 saturated heterocycles. The van der Waals surface area contributed by atoms with Crippen molar-refractivity contribution in [2.75, 3.05) is 0 Å². The minimum Gasteiger partial charge on any atom is -0.480 e. The zero-order valence-electron chi connectivity index (χ0n) is 12.0. The summed E-state index contributed by atoms with van der Waals surface area (Å²) in [6.45, 7) is 4.93. The molecule has 1 amide bonds. The minimum atomic E-state index is -1.16. The number of hydrogen-bond acceptors (Lipinski definition) is 5.